The highest BCUT2D eigenvalue weighted by Gasteiger charge is 1.92. The molecule has 0 saturated heterocycles. The van der Waals surface area contributed by atoms with Crippen molar-refractivity contribution in [2.24, 2.45) is 0 Å². The molecule has 94 valence electrons. The number of rotatable bonds is 2. The molecule has 0 radical (unpaired) electrons. The number of ether oxygens (including phenoxy) is 1. The standard InChI is InChI=1S/C7H10N2.C2H4F2O.C2H6/c1-2-6-4-3-5-9-7(6)8;1-5-2(3)4;1-2/h3-5H,2H2,1H3,(H2,8,9);2H,1H3;1-2H3. The molecule has 5 heteroatoms. The minimum Gasteiger partial charge on any atom is -0.383 e. The molecule has 0 saturated carbocycles. The molecule has 1 aromatic heterocycles. The predicted molar refractivity (Wildman–Crippen MR) is 62.4 cm³/mol. The lowest BCUT2D eigenvalue weighted by molar-refractivity contribution is -0.105. The van der Waals surface area contributed by atoms with Crippen LogP contribution in [0.4, 0.5) is 14.6 Å². The maximum absolute atomic E-state index is 10.5. The number of aromatic nitrogens is 1. The normalized spacial score (nSPS) is 8.69. The molecule has 2 N–H and O–H groups in total. The second-order valence-electron chi connectivity index (χ2n) is 2.40. The summed E-state index contributed by atoms with van der Waals surface area (Å²) in [6.07, 6.45) is 2.66. The van der Waals surface area contributed by atoms with Crippen LogP contribution < -0.4 is 5.73 Å². The minimum absolute atomic E-state index is 0.653. The van der Waals surface area contributed by atoms with E-state index in [4.69, 9.17) is 5.73 Å². The van der Waals surface area contributed by atoms with Gasteiger partial charge in [0.2, 0.25) is 0 Å². The lowest BCUT2D eigenvalue weighted by Gasteiger charge is -1.97. The van der Waals surface area contributed by atoms with Crippen LogP contribution in [0.2, 0.25) is 0 Å². The van der Waals surface area contributed by atoms with Crippen LogP contribution in [-0.4, -0.2) is 18.7 Å². The third kappa shape index (κ3) is 9.33. The number of methoxy groups -OCH3 is 1. The third-order valence-electron chi connectivity index (χ3n) is 1.49. The number of pyridine rings is 1. The first-order chi connectivity index (χ1) is 7.61. The maximum atomic E-state index is 10.5. The van der Waals surface area contributed by atoms with Gasteiger partial charge in [-0.1, -0.05) is 26.8 Å². The van der Waals surface area contributed by atoms with E-state index >= 15 is 0 Å². The van der Waals surface area contributed by atoms with Crippen molar-refractivity contribution in [2.75, 3.05) is 12.8 Å². The van der Waals surface area contributed by atoms with Gasteiger partial charge in [-0.2, -0.15) is 8.78 Å². The highest BCUT2D eigenvalue weighted by molar-refractivity contribution is 5.37. The molecule has 16 heavy (non-hydrogen) atoms. The van der Waals surface area contributed by atoms with Gasteiger partial charge in [0.15, 0.2) is 0 Å². The Morgan fingerprint density at radius 3 is 2.19 bits per heavy atom. The van der Waals surface area contributed by atoms with Crippen LogP contribution in [0, 0.1) is 0 Å². The van der Waals surface area contributed by atoms with Crippen molar-refractivity contribution in [1.29, 1.82) is 0 Å². The summed E-state index contributed by atoms with van der Waals surface area (Å²) in [4.78, 5) is 3.93. The summed E-state index contributed by atoms with van der Waals surface area (Å²) in [5.41, 5.74) is 6.64. The summed E-state index contributed by atoms with van der Waals surface area (Å²) >= 11 is 0. The monoisotopic (exact) mass is 234 g/mol. The Morgan fingerprint density at radius 1 is 1.44 bits per heavy atom. The fraction of sp³-hybridized carbons (Fsp3) is 0.545. The molecule has 0 aromatic carbocycles. The van der Waals surface area contributed by atoms with E-state index in [0.29, 0.717) is 5.82 Å². The molecule has 0 aliphatic rings. The van der Waals surface area contributed by atoms with E-state index in [2.05, 4.69) is 16.6 Å². The van der Waals surface area contributed by atoms with Crippen LogP contribution in [0.3, 0.4) is 0 Å². The number of hydrogen-bond acceptors (Lipinski definition) is 3. The summed E-state index contributed by atoms with van der Waals surface area (Å²) in [5.74, 6) is 0.653. The van der Waals surface area contributed by atoms with Crippen LogP contribution in [0.5, 0.6) is 0 Å². The van der Waals surface area contributed by atoms with Gasteiger partial charge in [-0.3, -0.25) is 0 Å². The average Bonchev–Trinajstić information content (AvgIpc) is 2.33. The van der Waals surface area contributed by atoms with Gasteiger partial charge in [-0.05, 0) is 18.1 Å². The molecule has 1 heterocycles. The molecule has 1 aromatic rings. The number of aryl methyl sites for hydroxylation is 1. The Bertz CT molecular complexity index is 257. The number of hydrogen-bond donors (Lipinski definition) is 1. The van der Waals surface area contributed by atoms with Crippen molar-refractivity contribution in [3.63, 3.8) is 0 Å². The first-order valence-electron chi connectivity index (χ1n) is 5.12. The van der Waals surface area contributed by atoms with Gasteiger partial charge < -0.3 is 10.5 Å². The van der Waals surface area contributed by atoms with Crippen molar-refractivity contribution < 1.29 is 13.5 Å². The molecule has 3 nitrogen and oxygen atoms in total. The maximum Gasteiger partial charge on any atom is 0.345 e. The Kier molecular flexibility index (Phi) is 12.7. The summed E-state index contributed by atoms with van der Waals surface area (Å²) in [7, 11) is 0.949. The molecule has 0 fully saturated rings. The van der Waals surface area contributed by atoms with Crippen molar-refractivity contribution in [2.45, 2.75) is 33.8 Å². The van der Waals surface area contributed by atoms with Crippen molar-refractivity contribution >= 4 is 5.82 Å². The van der Waals surface area contributed by atoms with E-state index in [0.717, 1.165) is 19.1 Å². The predicted octanol–water partition coefficient (Wildman–Crippen LogP) is 3.11. The Hall–Kier alpha value is -1.23. The van der Waals surface area contributed by atoms with E-state index in [-0.39, 0.29) is 0 Å². The van der Waals surface area contributed by atoms with Gasteiger partial charge in [0.05, 0.1) is 0 Å². The number of nitrogens with zero attached hydrogens (tertiary/aromatic N) is 1. The molecular formula is C11H20F2N2O. The van der Waals surface area contributed by atoms with Crippen LogP contribution in [0.1, 0.15) is 26.3 Å². The van der Waals surface area contributed by atoms with E-state index in [9.17, 15) is 8.78 Å². The van der Waals surface area contributed by atoms with Gasteiger partial charge >= 0.3 is 6.61 Å². The zero-order chi connectivity index (χ0) is 13.0. The molecule has 0 aliphatic heterocycles. The summed E-state index contributed by atoms with van der Waals surface area (Å²) in [6.45, 7) is 3.45. The van der Waals surface area contributed by atoms with Crippen molar-refractivity contribution in [3.8, 4) is 0 Å². The zero-order valence-corrected chi connectivity index (χ0v) is 10.2. The zero-order valence-electron chi connectivity index (χ0n) is 10.2. The number of halogens is 2. The minimum atomic E-state index is -2.62. The molecule has 0 bridgehead atoms. The smallest absolute Gasteiger partial charge is 0.345 e. The second-order valence-corrected chi connectivity index (χ2v) is 2.40. The van der Waals surface area contributed by atoms with Gasteiger partial charge in [-0.15, -0.1) is 0 Å². The van der Waals surface area contributed by atoms with Crippen LogP contribution >= 0.6 is 0 Å². The van der Waals surface area contributed by atoms with Gasteiger partial charge in [0.1, 0.15) is 5.82 Å². The van der Waals surface area contributed by atoms with Gasteiger partial charge in [0, 0.05) is 13.3 Å². The van der Waals surface area contributed by atoms with E-state index in [1.807, 2.05) is 26.0 Å². The highest BCUT2D eigenvalue weighted by Crippen LogP contribution is 2.05. The fourth-order valence-electron chi connectivity index (χ4n) is 0.750. The Morgan fingerprint density at radius 2 is 1.94 bits per heavy atom. The van der Waals surface area contributed by atoms with E-state index in [1.165, 1.54) is 0 Å². The van der Waals surface area contributed by atoms with Gasteiger partial charge in [0.25, 0.3) is 0 Å². The van der Waals surface area contributed by atoms with Crippen molar-refractivity contribution in [3.05, 3.63) is 23.9 Å². The topological polar surface area (TPSA) is 48.1 Å². The Labute approximate surface area is 95.6 Å². The second kappa shape index (κ2) is 11.8. The average molecular weight is 234 g/mol. The molecule has 0 atom stereocenters. The fourth-order valence-corrected chi connectivity index (χ4v) is 0.750. The summed E-state index contributed by atoms with van der Waals surface area (Å²) in [6, 6.07) is 3.89. The number of alkyl halides is 2. The number of nitrogens with two attached hydrogens (primary N) is 1. The molecule has 1 rings (SSSR count). The molecule has 0 spiro atoms. The Balaban J connectivity index is 0. The van der Waals surface area contributed by atoms with E-state index in [1.54, 1.807) is 6.20 Å². The van der Waals surface area contributed by atoms with Crippen LogP contribution in [-0.2, 0) is 11.2 Å². The summed E-state index contributed by atoms with van der Waals surface area (Å²) in [5, 5.41) is 0. The first kappa shape index (κ1) is 17.2. The van der Waals surface area contributed by atoms with E-state index < -0.39 is 6.61 Å². The number of nitrogen functional groups attached to an aromatic ring is 1. The third-order valence-corrected chi connectivity index (χ3v) is 1.49. The summed E-state index contributed by atoms with van der Waals surface area (Å²) < 4.78 is 24.5. The largest absolute Gasteiger partial charge is 0.383 e. The lowest BCUT2D eigenvalue weighted by atomic mass is 10.2. The lowest BCUT2D eigenvalue weighted by Crippen LogP contribution is -1.94. The molecule has 0 aliphatic carbocycles. The van der Waals surface area contributed by atoms with Crippen LogP contribution in [0.25, 0.3) is 0 Å². The van der Waals surface area contributed by atoms with Crippen molar-refractivity contribution in [1.82, 2.24) is 4.98 Å². The number of anilines is 1. The SMILES string of the molecule is CC.CCc1cccnc1N.COC(F)F. The van der Waals surface area contributed by atoms with Crippen LogP contribution in [0.15, 0.2) is 18.3 Å². The highest BCUT2D eigenvalue weighted by atomic mass is 19.3. The van der Waals surface area contributed by atoms with Gasteiger partial charge in [-0.25, -0.2) is 4.98 Å². The molecule has 0 unspecified atom stereocenters. The molecular weight excluding hydrogens is 214 g/mol. The first-order valence-corrected chi connectivity index (χ1v) is 5.12. The molecule has 0 amide bonds. The quantitative estimate of drug-likeness (QED) is 0.855.